The zero-order chi connectivity index (χ0) is 10.7. The van der Waals surface area contributed by atoms with Crippen molar-refractivity contribution in [1.82, 2.24) is 0 Å². The molecule has 76 valence electrons. The summed E-state index contributed by atoms with van der Waals surface area (Å²) < 4.78 is 17.9. The van der Waals surface area contributed by atoms with E-state index in [0.29, 0.717) is 5.56 Å². The number of aryl methyl sites for hydroxylation is 1. The summed E-state index contributed by atoms with van der Waals surface area (Å²) >= 11 is 0. The van der Waals surface area contributed by atoms with E-state index >= 15 is 0 Å². The van der Waals surface area contributed by atoms with Crippen LogP contribution in [-0.4, -0.2) is 17.7 Å². The van der Waals surface area contributed by atoms with Crippen LogP contribution in [0.25, 0.3) is 0 Å². The molecular formula is C10H11FO3. The summed E-state index contributed by atoms with van der Waals surface area (Å²) in [5.74, 6) is -1.67. The quantitative estimate of drug-likeness (QED) is 0.739. The molecule has 0 amide bonds. The van der Waals surface area contributed by atoms with Crippen LogP contribution in [0.1, 0.15) is 22.8 Å². The van der Waals surface area contributed by atoms with Gasteiger partial charge in [-0.3, -0.25) is 0 Å². The Morgan fingerprint density at radius 3 is 2.71 bits per heavy atom. The fourth-order valence-electron chi connectivity index (χ4n) is 1.19. The maximum Gasteiger partial charge on any atom is 0.341 e. The molecule has 0 aromatic heterocycles. The third-order valence-electron chi connectivity index (χ3n) is 1.75. The van der Waals surface area contributed by atoms with Crippen molar-refractivity contribution in [3.05, 3.63) is 29.1 Å². The molecule has 0 aliphatic heterocycles. The Labute approximate surface area is 81.1 Å². The van der Waals surface area contributed by atoms with Gasteiger partial charge >= 0.3 is 5.97 Å². The summed E-state index contributed by atoms with van der Waals surface area (Å²) in [7, 11) is 0. The van der Waals surface area contributed by atoms with Crippen molar-refractivity contribution < 1.29 is 19.0 Å². The van der Waals surface area contributed by atoms with E-state index in [1.54, 1.807) is 6.92 Å². The second kappa shape index (κ2) is 4.09. The Hall–Kier alpha value is -1.58. The minimum absolute atomic E-state index is 0.121. The normalized spacial score (nSPS) is 9.93. The summed E-state index contributed by atoms with van der Waals surface area (Å²) in [4.78, 5) is 11.3. The zero-order valence-corrected chi connectivity index (χ0v) is 8.00. The monoisotopic (exact) mass is 198 g/mol. The highest BCUT2D eigenvalue weighted by Gasteiger charge is 2.16. The Kier molecular flexibility index (Phi) is 3.06. The summed E-state index contributed by atoms with van der Waals surface area (Å²) in [6, 6.07) is 2.20. The van der Waals surface area contributed by atoms with E-state index in [-0.39, 0.29) is 17.9 Å². The molecule has 0 saturated carbocycles. The number of ether oxygens (including phenoxy) is 1. The lowest BCUT2D eigenvalue weighted by atomic mass is 10.1. The summed E-state index contributed by atoms with van der Waals surface area (Å²) in [6.45, 7) is 3.37. The first-order valence-electron chi connectivity index (χ1n) is 4.22. The molecule has 3 nitrogen and oxygen atoms in total. The fourth-order valence-corrected chi connectivity index (χ4v) is 1.19. The van der Waals surface area contributed by atoms with Gasteiger partial charge in [0.15, 0.2) is 0 Å². The minimum Gasteiger partial charge on any atom is -0.508 e. The molecule has 0 unspecified atom stereocenters. The van der Waals surface area contributed by atoms with E-state index in [0.717, 1.165) is 6.07 Å². The molecule has 1 rings (SSSR count). The number of carbonyl (C=O) groups excluding carboxylic acids is 1. The number of aromatic hydroxyl groups is 1. The molecule has 0 heterocycles. The molecule has 4 heteroatoms. The van der Waals surface area contributed by atoms with E-state index in [9.17, 15) is 9.18 Å². The van der Waals surface area contributed by atoms with Crippen molar-refractivity contribution in [1.29, 1.82) is 0 Å². The van der Waals surface area contributed by atoms with Gasteiger partial charge in [0.25, 0.3) is 0 Å². The second-order valence-corrected chi connectivity index (χ2v) is 2.84. The number of esters is 1. The molecule has 1 N–H and O–H groups in total. The lowest BCUT2D eigenvalue weighted by Gasteiger charge is -2.06. The second-order valence-electron chi connectivity index (χ2n) is 2.84. The highest BCUT2D eigenvalue weighted by molar-refractivity contribution is 5.91. The fraction of sp³-hybridized carbons (Fsp3) is 0.300. The van der Waals surface area contributed by atoms with Gasteiger partial charge in [-0.15, -0.1) is 0 Å². The lowest BCUT2D eigenvalue weighted by molar-refractivity contribution is 0.0520. The van der Waals surface area contributed by atoms with E-state index in [1.165, 1.54) is 13.0 Å². The highest BCUT2D eigenvalue weighted by Crippen LogP contribution is 2.20. The van der Waals surface area contributed by atoms with Crippen molar-refractivity contribution in [2.24, 2.45) is 0 Å². The van der Waals surface area contributed by atoms with Crippen molar-refractivity contribution in [3.63, 3.8) is 0 Å². The van der Waals surface area contributed by atoms with Crippen LogP contribution in [0.2, 0.25) is 0 Å². The number of phenols is 1. The van der Waals surface area contributed by atoms with Crippen molar-refractivity contribution in [2.75, 3.05) is 6.61 Å². The molecule has 1 aromatic carbocycles. The molecule has 0 saturated heterocycles. The van der Waals surface area contributed by atoms with Gasteiger partial charge in [-0.25, -0.2) is 9.18 Å². The third kappa shape index (κ3) is 2.02. The smallest absolute Gasteiger partial charge is 0.341 e. The first kappa shape index (κ1) is 10.5. The Balaban J connectivity index is 3.14. The topological polar surface area (TPSA) is 46.5 Å². The van der Waals surface area contributed by atoms with E-state index in [4.69, 9.17) is 5.11 Å². The summed E-state index contributed by atoms with van der Waals surface area (Å²) in [6.07, 6.45) is 0. The number of halogens is 1. The van der Waals surface area contributed by atoms with Gasteiger partial charge in [0.1, 0.15) is 11.6 Å². The Bertz CT molecular complexity index is 337. The molecule has 0 radical (unpaired) electrons. The average molecular weight is 198 g/mol. The molecule has 0 bridgehead atoms. The highest BCUT2D eigenvalue weighted by atomic mass is 19.1. The number of carbonyl (C=O) groups is 1. The number of phenolic OH excluding ortho intramolecular Hbond substituents is 1. The molecule has 0 aliphatic carbocycles. The zero-order valence-electron chi connectivity index (χ0n) is 8.00. The van der Waals surface area contributed by atoms with Crippen molar-refractivity contribution in [2.45, 2.75) is 13.8 Å². The molecule has 0 aliphatic rings. The lowest BCUT2D eigenvalue weighted by Crippen LogP contribution is -2.09. The maximum atomic E-state index is 13.2. The summed E-state index contributed by atoms with van der Waals surface area (Å²) in [5, 5.41) is 9.04. The molecule has 0 atom stereocenters. The van der Waals surface area contributed by atoms with E-state index in [2.05, 4.69) is 4.74 Å². The van der Waals surface area contributed by atoms with Crippen molar-refractivity contribution >= 4 is 5.97 Å². The molecule has 1 aromatic rings. The Morgan fingerprint density at radius 2 is 2.21 bits per heavy atom. The van der Waals surface area contributed by atoms with Crippen LogP contribution in [0.15, 0.2) is 12.1 Å². The standard InChI is InChI=1S/C10H11FO3/c1-3-14-10(13)9-6(2)4-7(12)5-8(9)11/h4-5,12H,3H2,1-2H3. The largest absolute Gasteiger partial charge is 0.508 e. The molecule has 14 heavy (non-hydrogen) atoms. The number of hydrogen-bond donors (Lipinski definition) is 1. The first-order chi connectivity index (χ1) is 6.56. The van der Waals surface area contributed by atoms with Crippen LogP contribution < -0.4 is 0 Å². The molecule has 0 fully saturated rings. The van der Waals surface area contributed by atoms with Gasteiger partial charge in [0, 0.05) is 6.07 Å². The minimum atomic E-state index is -0.763. The Morgan fingerprint density at radius 1 is 1.57 bits per heavy atom. The van der Waals surface area contributed by atoms with Gasteiger partial charge in [-0.2, -0.15) is 0 Å². The van der Waals surface area contributed by atoms with Crippen molar-refractivity contribution in [3.8, 4) is 5.75 Å². The van der Waals surface area contributed by atoms with Gasteiger partial charge in [-0.05, 0) is 25.5 Å². The number of hydrogen-bond acceptors (Lipinski definition) is 3. The van der Waals surface area contributed by atoms with E-state index < -0.39 is 11.8 Å². The number of rotatable bonds is 2. The third-order valence-corrected chi connectivity index (χ3v) is 1.75. The van der Waals surface area contributed by atoms with Crippen LogP contribution in [0, 0.1) is 12.7 Å². The van der Waals surface area contributed by atoms with Gasteiger partial charge in [0.05, 0.1) is 12.2 Å². The SMILES string of the molecule is CCOC(=O)c1c(C)cc(O)cc1F. The van der Waals surface area contributed by atoms with Gasteiger partial charge < -0.3 is 9.84 Å². The maximum absolute atomic E-state index is 13.2. The predicted molar refractivity (Wildman–Crippen MR) is 48.8 cm³/mol. The van der Waals surface area contributed by atoms with Crippen LogP contribution in [-0.2, 0) is 4.74 Å². The predicted octanol–water partition coefficient (Wildman–Crippen LogP) is 2.02. The average Bonchev–Trinajstić information content (AvgIpc) is 2.01. The van der Waals surface area contributed by atoms with Crippen LogP contribution >= 0.6 is 0 Å². The van der Waals surface area contributed by atoms with Crippen LogP contribution in [0.5, 0.6) is 5.75 Å². The molecular weight excluding hydrogens is 187 g/mol. The first-order valence-corrected chi connectivity index (χ1v) is 4.22. The van der Waals surface area contributed by atoms with Gasteiger partial charge in [-0.1, -0.05) is 0 Å². The van der Waals surface area contributed by atoms with Crippen LogP contribution in [0.4, 0.5) is 4.39 Å². The summed E-state index contributed by atoms with van der Waals surface area (Å²) in [5.41, 5.74) is 0.241. The number of benzene rings is 1. The molecule has 0 spiro atoms. The van der Waals surface area contributed by atoms with Gasteiger partial charge in [0.2, 0.25) is 0 Å². The van der Waals surface area contributed by atoms with E-state index in [1.807, 2.05) is 0 Å². The van der Waals surface area contributed by atoms with Crippen LogP contribution in [0.3, 0.4) is 0 Å².